The number of hydrogen-bond acceptors (Lipinski definition) is 3. The normalized spacial score (nSPS) is 10.7. The van der Waals surface area contributed by atoms with E-state index >= 15 is 0 Å². The summed E-state index contributed by atoms with van der Waals surface area (Å²) in [5, 5.41) is 2.03. The van der Waals surface area contributed by atoms with Crippen LogP contribution in [0.4, 0.5) is 0 Å². The smallest absolute Gasteiger partial charge is 0.236 e. The van der Waals surface area contributed by atoms with Gasteiger partial charge in [-0.3, -0.25) is 9.69 Å². The summed E-state index contributed by atoms with van der Waals surface area (Å²) >= 11 is 1.68. The largest absolute Gasteiger partial charge is 0.340 e. The van der Waals surface area contributed by atoms with Crippen molar-refractivity contribution < 1.29 is 4.79 Å². The first-order valence-corrected chi connectivity index (χ1v) is 7.04. The van der Waals surface area contributed by atoms with Gasteiger partial charge in [-0.05, 0) is 24.9 Å². The number of thiophene rings is 1. The van der Waals surface area contributed by atoms with Crippen molar-refractivity contribution in [3.63, 3.8) is 0 Å². The summed E-state index contributed by atoms with van der Waals surface area (Å²) in [7, 11) is 1.86. The number of carbonyl (C=O) groups is 1. The van der Waals surface area contributed by atoms with E-state index in [-0.39, 0.29) is 5.91 Å². The third-order valence-corrected chi connectivity index (χ3v) is 3.56. The van der Waals surface area contributed by atoms with Crippen LogP contribution in [0.15, 0.2) is 29.7 Å². The lowest BCUT2D eigenvalue weighted by Gasteiger charge is -2.23. The Labute approximate surface area is 114 Å². The summed E-state index contributed by atoms with van der Waals surface area (Å²) in [6.45, 7) is 10.8. The molecular formula is C14H22N2OS. The van der Waals surface area contributed by atoms with E-state index in [4.69, 9.17) is 0 Å². The molecule has 0 saturated carbocycles. The topological polar surface area (TPSA) is 23.6 Å². The molecule has 3 nitrogen and oxygen atoms in total. The van der Waals surface area contributed by atoms with Crippen LogP contribution in [-0.2, 0) is 11.3 Å². The van der Waals surface area contributed by atoms with Crippen LogP contribution in [0.1, 0.15) is 18.7 Å². The fraction of sp³-hybridized carbons (Fsp3) is 0.500. The van der Waals surface area contributed by atoms with Crippen molar-refractivity contribution in [1.82, 2.24) is 9.80 Å². The molecule has 1 heterocycles. The predicted molar refractivity (Wildman–Crippen MR) is 77.7 cm³/mol. The van der Waals surface area contributed by atoms with E-state index in [1.807, 2.05) is 25.4 Å². The van der Waals surface area contributed by atoms with E-state index in [1.54, 1.807) is 16.2 Å². The first-order valence-electron chi connectivity index (χ1n) is 6.16. The molecule has 0 spiro atoms. The third-order valence-electron chi connectivity index (χ3n) is 2.70. The van der Waals surface area contributed by atoms with E-state index < -0.39 is 0 Å². The van der Waals surface area contributed by atoms with Crippen LogP contribution in [0.25, 0.3) is 0 Å². The van der Waals surface area contributed by atoms with Crippen LogP contribution >= 0.6 is 11.3 Å². The minimum atomic E-state index is 0.159. The maximum Gasteiger partial charge on any atom is 0.236 e. The van der Waals surface area contributed by atoms with E-state index in [0.29, 0.717) is 13.1 Å². The van der Waals surface area contributed by atoms with Gasteiger partial charge in [-0.1, -0.05) is 25.1 Å². The molecule has 0 aromatic carbocycles. The van der Waals surface area contributed by atoms with Gasteiger partial charge in [0.25, 0.3) is 0 Å². The van der Waals surface area contributed by atoms with Gasteiger partial charge in [0.1, 0.15) is 0 Å². The lowest BCUT2D eigenvalue weighted by Crippen LogP contribution is -2.38. The molecule has 1 rings (SSSR count). The molecule has 18 heavy (non-hydrogen) atoms. The van der Waals surface area contributed by atoms with Crippen molar-refractivity contribution in [3.05, 3.63) is 34.5 Å². The maximum absolute atomic E-state index is 12.1. The van der Waals surface area contributed by atoms with E-state index in [2.05, 4.69) is 24.5 Å². The number of amides is 1. The Hall–Kier alpha value is -1.13. The fourth-order valence-electron chi connectivity index (χ4n) is 1.70. The number of hydrogen-bond donors (Lipinski definition) is 0. The Morgan fingerprint density at radius 2 is 2.17 bits per heavy atom. The summed E-state index contributed by atoms with van der Waals surface area (Å²) in [5.74, 6) is 0.159. The first-order chi connectivity index (χ1) is 8.52. The van der Waals surface area contributed by atoms with Crippen molar-refractivity contribution in [1.29, 1.82) is 0 Å². The van der Waals surface area contributed by atoms with E-state index in [1.165, 1.54) is 4.88 Å². The van der Waals surface area contributed by atoms with Gasteiger partial charge in [-0.15, -0.1) is 11.3 Å². The van der Waals surface area contributed by atoms with Crippen LogP contribution < -0.4 is 0 Å². The molecule has 0 unspecified atom stereocenters. The van der Waals surface area contributed by atoms with Crippen LogP contribution in [-0.4, -0.2) is 42.4 Å². The van der Waals surface area contributed by atoms with Gasteiger partial charge in [0.05, 0.1) is 13.1 Å². The highest BCUT2D eigenvalue weighted by Gasteiger charge is 2.13. The van der Waals surface area contributed by atoms with E-state index in [0.717, 1.165) is 18.7 Å². The van der Waals surface area contributed by atoms with E-state index in [9.17, 15) is 4.79 Å². The SMILES string of the molecule is C=C(C)CN(CC)CC(=O)N(C)Cc1cccs1. The second-order valence-electron chi connectivity index (χ2n) is 4.59. The zero-order valence-electron chi connectivity index (χ0n) is 11.5. The summed E-state index contributed by atoms with van der Waals surface area (Å²) in [6, 6.07) is 4.07. The molecule has 0 aliphatic rings. The van der Waals surface area contributed by atoms with Gasteiger partial charge in [0.15, 0.2) is 0 Å². The van der Waals surface area contributed by atoms with Crippen molar-refractivity contribution in [2.45, 2.75) is 20.4 Å². The maximum atomic E-state index is 12.1. The number of nitrogens with zero attached hydrogens (tertiary/aromatic N) is 2. The molecule has 0 fully saturated rings. The molecule has 0 radical (unpaired) electrons. The zero-order chi connectivity index (χ0) is 13.5. The molecule has 0 aliphatic carbocycles. The van der Waals surface area contributed by atoms with Gasteiger partial charge in [-0.2, -0.15) is 0 Å². The summed E-state index contributed by atoms with van der Waals surface area (Å²) in [4.78, 5) is 17.2. The molecule has 1 aromatic rings. The standard InChI is InChI=1S/C14H22N2OS/c1-5-16(9-12(2)3)11-14(17)15(4)10-13-7-6-8-18-13/h6-8H,2,5,9-11H2,1,3-4H3. The molecule has 100 valence electrons. The Morgan fingerprint density at radius 1 is 1.44 bits per heavy atom. The highest BCUT2D eigenvalue weighted by atomic mass is 32.1. The molecule has 0 atom stereocenters. The zero-order valence-corrected chi connectivity index (χ0v) is 12.3. The van der Waals surface area contributed by atoms with Crippen molar-refractivity contribution >= 4 is 17.2 Å². The predicted octanol–water partition coefficient (Wildman–Crippen LogP) is 2.60. The van der Waals surface area contributed by atoms with Crippen molar-refractivity contribution in [2.24, 2.45) is 0 Å². The molecule has 0 saturated heterocycles. The highest BCUT2D eigenvalue weighted by molar-refractivity contribution is 7.09. The lowest BCUT2D eigenvalue weighted by molar-refractivity contribution is -0.131. The highest BCUT2D eigenvalue weighted by Crippen LogP contribution is 2.11. The monoisotopic (exact) mass is 266 g/mol. The van der Waals surface area contributed by atoms with Gasteiger partial charge in [0.2, 0.25) is 5.91 Å². The first kappa shape index (κ1) is 14.9. The van der Waals surface area contributed by atoms with Crippen molar-refractivity contribution in [2.75, 3.05) is 26.7 Å². The van der Waals surface area contributed by atoms with Gasteiger partial charge < -0.3 is 4.90 Å². The third kappa shape index (κ3) is 5.02. The van der Waals surface area contributed by atoms with Crippen LogP contribution in [0.5, 0.6) is 0 Å². The number of rotatable bonds is 7. The molecule has 0 N–H and O–H groups in total. The van der Waals surface area contributed by atoms with Gasteiger partial charge >= 0.3 is 0 Å². The number of carbonyl (C=O) groups excluding carboxylic acids is 1. The average Bonchev–Trinajstić information content (AvgIpc) is 2.80. The lowest BCUT2D eigenvalue weighted by atomic mass is 10.3. The molecule has 4 heteroatoms. The Morgan fingerprint density at radius 3 is 2.67 bits per heavy atom. The van der Waals surface area contributed by atoms with Crippen molar-refractivity contribution in [3.8, 4) is 0 Å². The molecule has 1 aromatic heterocycles. The minimum absolute atomic E-state index is 0.159. The minimum Gasteiger partial charge on any atom is -0.340 e. The molecular weight excluding hydrogens is 244 g/mol. The number of likely N-dealkylation sites (N-methyl/N-ethyl adjacent to an activating group) is 2. The summed E-state index contributed by atoms with van der Waals surface area (Å²) in [5.41, 5.74) is 1.09. The second kappa shape index (κ2) is 7.34. The molecule has 0 bridgehead atoms. The Bertz CT molecular complexity index is 387. The van der Waals surface area contributed by atoms with Gasteiger partial charge in [0, 0.05) is 18.5 Å². The quantitative estimate of drug-likeness (QED) is 0.708. The fourth-order valence-corrected chi connectivity index (χ4v) is 2.45. The summed E-state index contributed by atoms with van der Waals surface area (Å²) < 4.78 is 0. The Kier molecular flexibility index (Phi) is 6.09. The van der Waals surface area contributed by atoms with Gasteiger partial charge in [-0.25, -0.2) is 0 Å². The van der Waals surface area contributed by atoms with Crippen LogP contribution in [0, 0.1) is 0 Å². The summed E-state index contributed by atoms with van der Waals surface area (Å²) in [6.07, 6.45) is 0. The molecule has 0 aliphatic heterocycles. The Balaban J connectivity index is 2.45. The molecule has 1 amide bonds. The van der Waals surface area contributed by atoms with Crippen LogP contribution in [0.2, 0.25) is 0 Å². The van der Waals surface area contributed by atoms with Crippen LogP contribution in [0.3, 0.4) is 0 Å². The second-order valence-corrected chi connectivity index (χ2v) is 5.62. The average molecular weight is 266 g/mol.